The molecule has 2 N–H and O–H groups in total. The number of nitrogens with two attached hydrogens (primary N) is 1. The predicted molar refractivity (Wildman–Crippen MR) is 65.5 cm³/mol. The van der Waals surface area contributed by atoms with Gasteiger partial charge in [0.05, 0.1) is 12.0 Å². The number of anilines is 1. The van der Waals surface area contributed by atoms with E-state index in [1.54, 1.807) is 12.5 Å². The van der Waals surface area contributed by atoms with Crippen molar-refractivity contribution in [2.75, 3.05) is 11.9 Å². The van der Waals surface area contributed by atoms with Gasteiger partial charge in [-0.3, -0.25) is 0 Å². The van der Waals surface area contributed by atoms with Crippen molar-refractivity contribution in [1.82, 2.24) is 9.97 Å². The van der Waals surface area contributed by atoms with Gasteiger partial charge in [-0.25, -0.2) is 9.97 Å². The van der Waals surface area contributed by atoms with E-state index in [9.17, 15) is 0 Å². The van der Waals surface area contributed by atoms with Crippen molar-refractivity contribution >= 4 is 5.95 Å². The second kappa shape index (κ2) is 4.97. The molecule has 90 valence electrons. The van der Waals surface area contributed by atoms with Gasteiger partial charge in [-0.2, -0.15) is 0 Å². The fourth-order valence-corrected chi connectivity index (χ4v) is 1.58. The van der Waals surface area contributed by atoms with Crippen molar-refractivity contribution in [1.29, 1.82) is 0 Å². The first-order valence-corrected chi connectivity index (χ1v) is 5.47. The van der Waals surface area contributed by atoms with Crippen LogP contribution in [0.4, 0.5) is 5.95 Å². The zero-order valence-electron chi connectivity index (χ0n) is 10.1. The topological polar surface area (TPSA) is 68.2 Å². The minimum absolute atomic E-state index is 0.425. The molecule has 2 heterocycles. The maximum atomic E-state index is 5.56. The number of nitrogens with zero attached hydrogens (tertiary/aromatic N) is 3. The zero-order chi connectivity index (χ0) is 12.3. The van der Waals surface area contributed by atoms with Gasteiger partial charge in [0.1, 0.15) is 5.76 Å². The molecule has 0 fully saturated rings. The Hall–Kier alpha value is -1.88. The molecule has 0 saturated carbocycles. The van der Waals surface area contributed by atoms with E-state index in [-0.39, 0.29) is 0 Å². The van der Waals surface area contributed by atoms with Crippen molar-refractivity contribution in [3.05, 3.63) is 41.6 Å². The third-order valence-electron chi connectivity index (χ3n) is 2.62. The standard InChI is InChI=1S/C12H16N4O/c1-9-10(4-6-17-9)8-16(2)12-14-5-3-11(7-13)15-12/h3-6H,7-8,13H2,1-2H3. The first-order valence-electron chi connectivity index (χ1n) is 5.47. The maximum absolute atomic E-state index is 5.56. The Kier molecular flexibility index (Phi) is 3.39. The lowest BCUT2D eigenvalue weighted by Crippen LogP contribution is -2.20. The maximum Gasteiger partial charge on any atom is 0.225 e. The second-order valence-corrected chi connectivity index (χ2v) is 3.91. The summed E-state index contributed by atoms with van der Waals surface area (Å²) in [5.74, 6) is 1.60. The van der Waals surface area contributed by atoms with E-state index >= 15 is 0 Å². The Bertz CT molecular complexity index is 495. The number of hydrogen-bond acceptors (Lipinski definition) is 5. The van der Waals surface area contributed by atoms with Crippen LogP contribution < -0.4 is 10.6 Å². The van der Waals surface area contributed by atoms with E-state index in [2.05, 4.69) is 9.97 Å². The lowest BCUT2D eigenvalue weighted by Gasteiger charge is -2.16. The predicted octanol–water partition coefficient (Wildman–Crippen LogP) is 1.47. The van der Waals surface area contributed by atoms with Crippen molar-refractivity contribution in [2.24, 2.45) is 5.73 Å². The van der Waals surface area contributed by atoms with Crippen molar-refractivity contribution in [2.45, 2.75) is 20.0 Å². The molecule has 0 amide bonds. The first-order chi connectivity index (χ1) is 8.20. The van der Waals surface area contributed by atoms with Crippen LogP contribution in [0, 0.1) is 6.92 Å². The summed E-state index contributed by atoms with van der Waals surface area (Å²) < 4.78 is 5.26. The molecule has 2 aromatic heterocycles. The normalized spacial score (nSPS) is 10.5. The van der Waals surface area contributed by atoms with E-state index in [0.29, 0.717) is 12.5 Å². The van der Waals surface area contributed by atoms with E-state index in [1.165, 1.54) is 0 Å². The summed E-state index contributed by atoms with van der Waals surface area (Å²) in [6.45, 7) is 3.09. The molecule has 0 atom stereocenters. The van der Waals surface area contributed by atoms with Crippen LogP contribution in [0.25, 0.3) is 0 Å². The summed E-state index contributed by atoms with van der Waals surface area (Å²) in [4.78, 5) is 10.6. The highest BCUT2D eigenvalue weighted by Crippen LogP contribution is 2.14. The highest BCUT2D eigenvalue weighted by molar-refractivity contribution is 5.32. The Morgan fingerprint density at radius 1 is 1.41 bits per heavy atom. The second-order valence-electron chi connectivity index (χ2n) is 3.91. The quantitative estimate of drug-likeness (QED) is 0.864. The number of hydrogen-bond donors (Lipinski definition) is 1. The average Bonchev–Trinajstić information content (AvgIpc) is 2.75. The minimum Gasteiger partial charge on any atom is -0.469 e. The van der Waals surface area contributed by atoms with Crippen LogP contribution in [0.3, 0.4) is 0 Å². The Morgan fingerprint density at radius 3 is 2.88 bits per heavy atom. The molecule has 0 aliphatic heterocycles. The lowest BCUT2D eigenvalue weighted by atomic mass is 10.2. The van der Waals surface area contributed by atoms with Crippen LogP contribution in [0.2, 0.25) is 0 Å². The van der Waals surface area contributed by atoms with Crippen LogP contribution in [-0.2, 0) is 13.1 Å². The van der Waals surface area contributed by atoms with Crippen LogP contribution in [-0.4, -0.2) is 17.0 Å². The monoisotopic (exact) mass is 232 g/mol. The third-order valence-corrected chi connectivity index (χ3v) is 2.62. The fourth-order valence-electron chi connectivity index (χ4n) is 1.58. The molecule has 0 aliphatic rings. The van der Waals surface area contributed by atoms with Gasteiger partial charge >= 0.3 is 0 Å². The van der Waals surface area contributed by atoms with Gasteiger partial charge in [-0.15, -0.1) is 0 Å². The molecule has 17 heavy (non-hydrogen) atoms. The van der Waals surface area contributed by atoms with Gasteiger partial charge in [-0.1, -0.05) is 0 Å². The highest BCUT2D eigenvalue weighted by Gasteiger charge is 2.08. The summed E-state index contributed by atoms with van der Waals surface area (Å²) in [7, 11) is 1.95. The smallest absolute Gasteiger partial charge is 0.225 e. The third kappa shape index (κ3) is 2.62. The van der Waals surface area contributed by atoms with E-state index in [1.807, 2.05) is 31.0 Å². The van der Waals surface area contributed by atoms with Crippen molar-refractivity contribution in [3.63, 3.8) is 0 Å². The molecule has 2 rings (SSSR count). The van der Waals surface area contributed by atoms with Gasteiger partial charge in [0.15, 0.2) is 0 Å². The number of furan rings is 1. The number of rotatable bonds is 4. The number of aryl methyl sites for hydroxylation is 1. The lowest BCUT2D eigenvalue weighted by molar-refractivity contribution is 0.529. The molecule has 0 bridgehead atoms. The van der Waals surface area contributed by atoms with E-state index < -0.39 is 0 Å². The summed E-state index contributed by atoms with van der Waals surface area (Å²) in [6.07, 6.45) is 3.42. The van der Waals surface area contributed by atoms with Crippen LogP contribution in [0.1, 0.15) is 17.0 Å². The molecule has 5 heteroatoms. The first kappa shape index (κ1) is 11.6. The Labute approximate surface area is 100 Å². The van der Waals surface area contributed by atoms with Crippen LogP contribution >= 0.6 is 0 Å². The van der Waals surface area contributed by atoms with Crippen molar-refractivity contribution < 1.29 is 4.42 Å². The van der Waals surface area contributed by atoms with Crippen molar-refractivity contribution in [3.8, 4) is 0 Å². The van der Waals surface area contributed by atoms with Gasteiger partial charge in [0.25, 0.3) is 0 Å². The minimum atomic E-state index is 0.425. The molecule has 2 aromatic rings. The summed E-state index contributed by atoms with van der Waals surface area (Å²) in [5.41, 5.74) is 7.53. The summed E-state index contributed by atoms with van der Waals surface area (Å²) in [5, 5.41) is 0. The van der Waals surface area contributed by atoms with Crippen LogP contribution in [0.15, 0.2) is 29.0 Å². The summed E-state index contributed by atoms with van der Waals surface area (Å²) >= 11 is 0. The SMILES string of the molecule is Cc1occc1CN(C)c1nccc(CN)n1. The van der Waals surface area contributed by atoms with Gasteiger partial charge in [0, 0.05) is 31.9 Å². The largest absolute Gasteiger partial charge is 0.469 e. The van der Waals surface area contributed by atoms with Gasteiger partial charge in [0.2, 0.25) is 5.95 Å². The Balaban J connectivity index is 2.14. The number of aromatic nitrogens is 2. The summed E-state index contributed by atoms with van der Waals surface area (Å²) in [6, 6.07) is 3.78. The van der Waals surface area contributed by atoms with Crippen LogP contribution in [0.5, 0.6) is 0 Å². The molecule has 0 unspecified atom stereocenters. The zero-order valence-corrected chi connectivity index (χ0v) is 10.1. The molecular weight excluding hydrogens is 216 g/mol. The molecule has 0 saturated heterocycles. The van der Waals surface area contributed by atoms with Gasteiger partial charge in [-0.05, 0) is 19.1 Å². The van der Waals surface area contributed by atoms with Gasteiger partial charge < -0.3 is 15.1 Å². The Morgan fingerprint density at radius 2 is 2.24 bits per heavy atom. The fraction of sp³-hybridized carbons (Fsp3) is 0.333. The highest BCUT2D eigenvalue weighted by atomic mass is 16.3. The van der Waals surface area contributed by atoms with E-state index in [4.69, 9.17) is 10.2 Å². The molecular formula is C12H16N4O. The molecule has 5 nitrogen and oxygen atoms in total. The molecule has 0 radical (unpaired) electrons. The van der Waals surface area contributed by atoms with E-state index in [0.717, 1.165) is 23.6 Å². The average molecular weight is 232 g/mol. The molecule has 0 aliphatic carbocycles. The molecule has 0 aromatic carbocycles. The molecule has 0 spiro atoms.